The molecule has 10 aromatic carbocycles. The molecule has 0 saturated heterocycles. The first-order chi connectivity index (χ1) is 32.5. The molecule has 0 N–H and O–H groups in total. The van der Waals surface area contributed by atoms with E-state index in [2.05, 4.69) is 265 Å². The molecule has 0 aliphatic heterocycles. The van der Waals surface area contributed by atoms with E-state index in [4.69, 9.17) is 6.42 Å². The first kappa shape index (κ1) is 39.0. The molecule has 2 nitrogen and oxygen atoms in total. The Morgan fingerprint density at radius 1 is 0.364 bits per heavy atom. The van der Waals surface area contributed by atoms with Gasteiger partial charge in [0.2, 0.25) is 0 Å². The van der Waals surface area contributed by atoms with Crippen LogP contribution in [0.15, 0.2) is 243 Å². The zero-order valence-electron chi connectivity index (χ0n) is 36.6. The molecule has 1 unspecified atom stereocenters. The van der Waals surface area contributed by atoms with Crippen molar-refractivity contribution in [1.82, 2.24) is 4.57 Å². The van der Waals surface area contributed by atoms with E-state index in [1.54, 1.807) is 0 Å². The van der Waals surface area contributed by atoms with Crippen molar-refractivity contribution in [3.05, 3.63) is 254 Å². The molecule has 0 bridgehead atoms. The predicted molar refractivity (Wildman–Crippen MR) is 278 cm³/mol. The van der Waals surface area contributed by atoms with E-state index in [1.807, 2.05) is 0 Å². The van der Waals surface area contributed by atoms with Crippen LogP contribution in [0.5, 0.6) is 0 Å². The monoisotopic (exact) mass is 840 g/mol. The van der Waals surface area contributed by atoms with Crippen molar-refractivity contribution >= 4 is 38.9 Å². The second kappa shape index (κ2) is 15.9. The first-order valence-corrected chi connectivity index (χ1v) is 22.6. The number of hydrogen-bond donors (Lipinski definition) is 0. The van der Waals surface area contributed by atoms with Crippen molar-refractivity contribution in [2.45, 2.75) is 12.3 Å². The van der Waals surface area contributed by atoms with Gasteiger partial charge in [-0.1, -0.05) is 176 Å². The van der Waals surface area contributed by atoms with Crippen LogP contribution in [0, 0.1) is 12.3 Å². The molecule has 310 valence electrons. The Labute approximate surface area is 386 Å². The third kappa shape index (κ3) is 6.52. The number of para-hydroxylation sites is 2. The van der Waals surface area contributed by atoms with Crippen LogP contribution >= 0.6 is 0 Å². The Hall–Kier alpha value is -8.64. The largest absolute Gasteiger partial charge is 0.310 e. The van der Waals surface area contributed by atoms with Gasteiger partial charge in [0.25, 0.3) is 0 Å². The maximum atomic E-state index is 6.66. The summed E-state index contributed by atoms with van der Waals surface area (Å²) in [5, 5.41) is 2.48. The van der Waals surface area contributed by atoms with E-state index in [0.29, 0.717) is 0 Å². The lowest BCUT2D eigenvalue weighted by atomic mass is 9.81. The van der Waals surface area contributed by atoms with E-state index in [0.717, 1.165) is 45.0 Å². The van der Waals surface area contributed by atoms with Crippen LogP contribution in [0.25, 0.3) is 83.1 Å². The highest BCUT2D eigenvalue weighted by Gasteiger charge is 2.39. The minimum atomic E-state index is -0.664. The number of benzene rings is 10. The van der Waals surface area contributed by atoms with Crippen LogP contribution in [0.1, 0.15) is 18.1 Å². The highest BCUT2D eigenvalue weighted by Crippen LogP contribution is 2.52. The van der Waals surface area contributed by atoms with Crippen molar-refractivity contribution < 1.29 is 0 Å². The molecule has 1 atom stereocenters. The zero-order chi connectivity index (χ0) is 44.2. The third-order valence-corrected chi connectivity index (χ3v) is 13.6. The fourth-order valence-corrected chi connectivity index (χ4v) is 10.2. The lowest BCUT2D eigenvalue weighted by molar-refractivity contribution is 0.778. The van der Waals surface area contributed by atoms with Crippen molar-refractivity contribution in [1.29, 1.82) is 0 Å². The van der Waals surface area contributed by atoms with Crippen molar-refractivity contribution in [3.63, 3.8) is 0 Å². The van der Waals surface area contributed by atoms with Gasteiger partial charge < -0.3 is 9.47 Å². The van der Waals surface area contributed by atoms with Gasteiger partial charge in [0.1, 0.15) is 0 Å². The van der Waals surface area contributed by atoms with Crippen LogP contribution < -0.4 is 4.90 Å². The molecule has 1 aliphatic carbocycles. The van der Waals surface area contributed by atoms with Gasteiger partial charge in [-0.05, 0) is 146 Å². The molecule has 0 amide bonds. The average molecular weight is 841 g/mol. The molecule has 11 aromatic rings. The summed E-state index contributed by atoms with van der Waals surface area (Å²) in [5.74, 6) is 3.30. The minimum Gasteiger partial charge on any atom is -0.310 e. The number of terminal acetylenes is 1. The highest BCUT2D eigenvalue weighted by molar-refractivity contribution is 6.09. The Bertz CT molecular complexity index is 3470. The SMILES string of the molecule is C#CC1(C)c2cc(N(c3ccc(-c4cccc(-c5ccccc5)c4)cc3)c3ccc(-c4cccc(-c5ccccc5)c4)cc3)ccc2-c2ccc(-n3c4ccccc4c4ccccc43)cc21. The minimum absolute atomic E-state index is 0.664. The maximum Gasteiger partial charge on any atom is 0.0794 e. The van der Waals surface area contributed by atoms with Gasteiger partial charge in [0.05, 0.1) is 16.4 Å². The Morgan fingerprint density at radius 3 is 1.24 bits per heavy atom. The van der Waals surface area contributed by atoms with Crippen LogP contribution in [-0.4, -0.2) is 4.57 Å². The van der Waals surface area contributed by atoms with Gasteiger partial charge in [0.15, 0.2) is 0 Å². The summed E-state index contributed by atoms with van der Waals surface area (Å²) < 4.78 is 2.38. The molecule has 0 fully saturated rings. The number of aromatic nitrogens is 1. The summed E-state index contributed by atoms with van der Waals surface area (Å²) in [6, 6.07) is 87.6. The number of hydrogen-bond acceptors (Lipinski definition) is 1. The topological polar surface area (TPSA) is 8.17 Å². The van der Waals surface area contributed by atoms with Crippen molar-refractivity contribution in [2.75, 3.05) is 4.90 Å². The van der Waals surface area contributed by atoms with Crippen molar-refractivity contribution in [2.24, 2.45) is 0 Å². The fourth-order valence-electron chi connectivity index (χ4n) is 10.2. The summed E-state index contributed by atoms with van der Waals surface area (Å²) in [5.41, 5.74) is 20.1. The van der Waals surface area contributed by atoms with Gasteiger partial charge in [-0.3, -0.25) is 0 Å². The zero-order valence-corrected chi connectivity index (χ0v) is 36.6. The maximum absolute atomic E-state index is 6.66. The van der Waals surface area contributed by atoms with Gasteiger partial charge in [-0.25, -0.2) is 0 Å². The molecule has 1 heterocycles. The summed E-state index contributed by atoms with van der Waals surface area (Å²) in [6.07, 6.45) is 6.66. The van der Waals surface area contributed by atoms with Crippen LogP contribution in [0.3, 0.4) is 0 Å². The van der Waals surface area contributed by atoms with Crippen LogP contribution in [0.4, 0.5) is 17.1 Å². The molecule has 1 aliphatic rings. The molecule has 1 aromatic heterocycles. The standard InChI is InChI=1S/C64H44N2/c1-3-64(2)60-42-54(36-38-56(60)57-39-37-55(43-61(57)64)66-62-26-12-10-24-58(62)59-25-11-13-27-63(59)66)65(52-32-28-46(29-33-52)50-22-14-20-48(40-50)44-16-6-4-7-17-44)53-34-30-47(31-35-53)51-23-15-21-49(41-51)45-18-8-5-9-19-45/h1,4-43H,2H3. The van der Waals surface area contributed by atoms with Gasteiger partial charge >= 0.3 is 0 Å². The van der Waals surface area contributed by atoms with E-state index in [9.17, 15) is 0 Å². The quantitative estimate of drug-likeness (QED) is 0.138. The van der Waals surface area contributed by atoms with E-state index < -0.39 is 5.41 Å². The highest BCUT2D eigenvalue weighted by atomic mass is 15.1. The number of rotatable bonds is 8. The molecule has 0 saturated carbocycles. The Kier molecular flexibility index (Phi) is 9.37. The summed E-state index contributed by atoms with van der Waals surface area (Å²) >= 11 is 0. The first-order valence-electron chi connectivity index (χ1n) is 22.6. The third-order valence-electron chi connectivity index (χ3n) is 13.6. The summed E-state index contributed by atoms with van der Waals surface area (Å²) in [4.78, 5) is 2.36. The molecule has 0 spiro atoms. The van der Waals surface area contributed by atoms with Crippen LogP contribution in [0.2, 0.25) is 0 Å². The normalized spacial score (nSPS) is 13.9. The average Bonchev–Trinajstić information content (AvgIpc) is 3.86. The van der Waals surface area contributed by atoms with Gasteiger partial charge in [-0.15, -0.1) is 6.42 Å². The fraction of sp³-hybridized carbons (Fsp3) is 0.0312. The van der Waals surface area contributed by atoms with Crippen molar-refractivity contribution in [3.8, 4) is 73.7 Å². The predicted octanol–water partition coefficient (Wildman–Crippen LogP) is 16.8. The van der Waals surface area contributed by atoms with Gasteiger partial charge in [-0.2, -0.15) is 0 Å². The molecule has 2 heteroatoms. The molecule has 66 heavy (non-hydrogen) atoms. The second-order valence-corrected chi connectivity index (χ2v) is 17.4. The Morgan fingerprint density at radius 2 is 0.758 bits per heavy atom. The molecular formula is C64H44N2. The molecule has 12 rings (SSSR count). The van der Waals surface area contributed by atoms with E-state index >= 15 is 0 Å². The number of fused-ring (bicyclic) bond motifs is 6. The number of anilines is 3. The lowest BCUT2D eigenvalue weighted by Gasteiger charge is -2.28. The van der Waals surface area contributed by atoms with E-state index in [1.165, 1.54) is 66.3 Å². The van der Waals surface area contributed by atoms with Crippen LogP contribution in [-0.2, 0) is 5.41 Å². The molecule has 0 radical (unpaired) electrons. The van der Waals surface area contributed by atoms with E-state index in [-0.39, 0.29) is 0 Å². The smallest absolute Gasteiger partial charge is 0.0794 e. The summed E-state index contributed by atoms with van der Waals surface area (Å²) in [6.45, 7) is 2.21. The second-order valence-electron chi connectivity index (χ2n) is 17.4. The summed E-state index contributed by atoms with van der Waals surface area (Å²) in [7, 11) is 0. The Balaban J connectivity index is 0.952. The number of nitrogens with zero attached hydrogens (tertiary/aromatic N) is 2. The van der Waals surface area contributed by atoms with Gasteiger partial charge in [0, 0.05) is 33.5 Å². The molecular weight excluding hydrogens is 797 g/mol. The lowest BCUT2D eigenvalue weighted by Crippen LogP contribution is -2.19.